The van der Waals surface area contributed by atoms with E-state index in [4.69, 9.17) is 21.4 Å². The number of carbonyl (C=O) groups excluding carboxylic acids is 1. The fourth-order valence-corrected chi connectivity index (χ4v) is 1.47. The van der Waals surface area contributed by atoms with Gasteiger partial charge in [0.15, 0.2) is 0 Å². The molecule has 0 aliphatic carbocycles. The first-order valence-corrected chi connectivity index (χ1v) is 5.87. The maximum absolute atomic E-state index is 10.9. The molecule has 6 heteroatoms. The molecule has 0 saturated carbocycles. The molecule has 0 amide bonds. The fraction of sp³-hybridized carbons (Fsp3) is 0.571. The summed E-state index contributed by atoms with van der Waals surface area (Å²) in [5.74, 6) is -0.442. The van der Waals surface area contributed by atoms with Crippen LogP contribution in [-0.4, -0.2) is 21.7 Å². The number of Topliss-reactive ketones (excluding diaryl/α,β-unsaturated/α-hetero) is 1. The monoisotopic (exact) mass is 226 g/mol. The first kappa shape index (κ1) is 12.8. The van der Waals surface area contributed by atoms with Gasteiger partial charge >= 0.3 is 7.60 Å². The van der Waals surface area contributed by atoms with Gasteiger partial charge in [0.1, 0.15) is 11.9 Å². The number of ketones is 1. The summed E-state index contributed by atoms with van der Waals surface area (Å²) in [6, 6.07) is 0. The number of allylic oxidation sites excluding steroid dienone is 2. The van der Waals surface area contributed by atoms with E-state index in [-0.39, 0.29) is 6.42 Å². The summed E-state index contributed by atoms with van der Waals surface area (Å²) in [6.45, 7) is 1.68. The second-order valence-corrected chi connectivity index (χ2v) is 4.93. The zero-order valence-electron chi connectivity index (χ0n) is 7.23. The van der Waals surface area contributed by atoms with Crippen molar-refractivity contribution in [2.24, 2.45) is 0 Å². The van der Waals surface area contributed by atoms with Crippen LogP contribution in [0.1, 0.15) is 19.8 Å². The van der Waals surface area contributed by atoms with Crippen molar-refractivity contribution in [3.8, 4) is 0 Å². The molecule has 0 heterocycles. The number of hydrogen-bond acceptors (Lipinski definition) is 2. The van der Waals surface area contributed by atoms with Crippen LogP contribution >= 0.6 is 19.2 Å². The highest BCUT2D eigenvalue weighted by Gasteiger charge is 2.17. The van der Waals surface area contributed by atoms with Crippen LogP contribution in [-0.2, 0) is 9.36 Å². The highest BCUT2D eigenvalue weighted by atomic mass is 35.5. The van der Waals surface area contributed by atoms with Crippen LogP contribution in [0.15, 0.2) is 11.1 Å². The van der Waals surface area contributed by atoms with Gasteiger partial charge in [0.2, 0.25) is 0 Å². The Balaban J connectivity index is 3.78. The quantitative estimate of drug-likeness (QED) is 0.699. The molecule has 0 rings (SSSR count). The summed E-state index contributed by atoms with van der Waals surface area (Å²) in [7, 11) is -4.19. The van der Waals surface area contributed by atoms with Gasteiger partial charge in [-0.3, -0.25) is 9.36 Å². The Labute approximate surface area is 81.8 Å². The molecule has 0 atom stereocenters. The van der Waals surface area contributed by atoms with Crippen LogP contribution < -0.4 is 0 Å². The van der Waals surface area contributed by atoms with Crippen LogP contribution in [0.5, 0.6) is 0 Å². The van der Waals surface area contributed by atoms with Gasteiger partial charge in [-0.05, 0) is 13.3 Å². The molecule has 0 aliphatic rings. The Hall–Kier alpha value is -0.150. The molecule has 0 aromatic rings. The molecule has 0 aliphatic heterocycles. The van der Waals surface area contributed by atoms with Crippen molar-refractivity contribution in [1.82, 2.24) is 0 Å². The molecule has 0 radical (unpaired) electrons. The average Bonchev–Trinajstić information content (AvgIpc) is 1.81. The summed E-state index contributed by atoms with van der Waals surface area (Å²) in [4.78, 5) is 27.8. The zero-order chi connectivity index (χ0) is 10.5. The SMILES string of the molecule is C/C(Cl)=C/CCC(=O)CP(=O)(O)O. The lowest BCUT2D eigenvalue weighted by Crippen LogP contribution is -2.04. The molecule has 76 valence electrons. The molecule has 13 heavy (non-hydrogen) atoms. The van der Waals surface area contributed by atoms with Gasteiger partial charge in [0.05, 0.1) is 0 Å². The first-order valence-electron chi connectivity index (χ1n) is 3.70. The lowest BCUT2D eigenvalue weighted by molar-refractivity contribution is -0.116. The molecule has 0 aromatic carbocycles. The standard InChI is InChI=1S/C7H12ClO4P/c1-6(8)3-2-4-7(9)5-13(10,11)12/h3H,2,4-5H2,1H3,(H2,10,11,12)/b6-3-. The maximum Gasteiger partial charge on any atom is 0.332 e. The molecule has 0 unspecified atom stereocenters. The Morgan fingerprint density at radius 2 is 2.08 bits per heavy atom. The number of carbonyl (C=O) groups is 1. The van der Waals surface area contributed by atoms with E-state index in [9.17, 15) is 9.36 Å². The van der Waals surface area contributed by atoms with Gasteiger partial charge in [0.25, 0.3) is 0 Å². The van der Waals surface area contributed by atoms with Crippen molar-refractivity contribution in [1.29, 1.82) is 0 Å². The Morgan fingerprint density at radius 1 is 1.54 bits per heavy atom. The van der Waals surface area contributed by atoms with E-state index in [1.54, 1.807) is 13.0 Å². The molecule has 0 fully saturated rings. The van der Waals surface area contributed by atoms with Gasteiger partial charge in [-0.15, -0.1) is 0 Å². The molecule has 4 nitrogen and oxygen atoms in total. The topological polar surface area (TPSA) is 74.6 Å². The fourth-order valence-electron chi connectivity index (χ4n) is 0.741. The summed E-state index contributed by atoms with van der Waals surface area (Å²) >= 11 is 5.49. The molecular weight excluding hydrogens is 214 g/mol. The Bertz CT molecular complexity index is 251. The van der Waals surface area contributed by atoms with Crippen molar-refractivity contribution in [2.45, 2.75) is 19.8 Å². The molecule has 0 bridgehead atoms. The Kier molecular flexibility index (Phi) is 5.49. The van der Waals surface area contributed by atoms with Crippen LogP contribution in [0.25, 0.3) is 0 Å². The minimum atomic E-state index is -4.19. The van der Waals surface area contributed by atoms with Gasteiger partial charge < -0.3 is 9.79 Å². The van der Waals surface area contributed by atoms with E-state index in [2.05, 4.69) is 0 Å². The van der Waals surface area contributed by atoms with Crippen LogP contribution in [0, 0.1) is 0 Å². The second kappa shape index (κ2) is 5.55. The number of rotatable bonds is 5. The molecule has 2 N–H and O–H groups in total. The van der Waals surface area contributed by atoms with E-state index >= 15 is 0 Å². The maximum atomic E-state index is 10.9. The van der Waals surface area contributed by atoms with E-state index in [1.165, 1.54) is 0 Å². The lowest BCUT2D eigenvalue weighted by Gasteiger charge is -2.00. The van der Waals surface area contributed by atoms with Gasteiger partial charge in [-0.25, -0.2) is 0 Å². The minimum absolute atomic E-state index is 0.120. The van der Waals surface area contributed by atoms with Crippen LogP contribution in [0.3, 0.4) is 0 Å². The highest BCUT2D eigenvalue weighted by molar-refractivity contribution is 7.52. The van der Waals surface area contributed by atoms with E-state index in [0.29, 0.717) is 11.5 Å². The Morgan fingerprint density at radius 3 is 2.46 bits per heavy atom. The van der Waals surface area contributed by atoms with Crippen LogP contribution in [0.2, 0.25) is 0 Å². The van der Waals surface area contributed by atoms with E-state index in [1.807, 2.05) is 0 Å². The lowest BCUT2D eigenvalue weighted by atomic mass is 10.2. The third kappa shape index (κ3) is 9.77. The van der Waals surface area contributed by atoms with Gasteiger partial charge in [-0.1, -0.05) is 17.7 Å². The first-order chi connectivity index (χ1) is 5.81. The summed E-state index contributed by atoms with van der Waals surface area (Å²) in [6.07, 6.45) is 1.50. The summed E-state index contributed by atoms with van der Waals surface area (Å²) < 4.78 is 10.4. The van der Waals surface area contributed by atoms with Crippen molar-refractivity contribution < 1.29 is 19.1 Å². The van der Waals surface area contributed by atoms with Crippen molar-refractivity contribution in [3.63, 3.8) is 0 Å². The molecule has 0 spiro atoms. The predicted octanol–water partition coefficient (Wildman–Crippen LogP) is 1.66. The van der Waals surface area contributed by atoms with Crippen molar-refractivity contribution in [3.05, 3.63) is 11.1 Å². The zero-order valence-corrected chi connectivity index (χ0v) is 8.89. The van der Waals surface area contributed by atoms with Crippen molar-refractivity contribution in [2.75, 3.05) is 6.16 Å². The minimum Gasteiger partial charge on any atom is -0.324 e. The largest absolute Gasteiger partial charge is 0.332 e. The van der Waals surface area contributed by atoms with Gasteiger partial charge in [0, 0.05) is 11.5 Å². The molecule has 0 aromatic heterocycles. The number of hydrogen-bond donors (Lipinski definition) is 2. The predicted molar refractivity (Wildman–Crippen MR) is 50.8 cm³/mol. The van der Waals surface area contributed by atoms with E-state index < -0.39 is 19.5 Å². The second-order valence-electron chi connectivity index (χ2n) is 2.69. The van der Waals surface area contributed by atoms with E-state index in [0.717, 1.165) is 0 Å². The summed E-state index contributed by atoms with van der Waals surface area (Å²) in [5.41, 5.74) is 0. The van der Waals surface area contributed by atoms with Gasteiger partial charge in [-0.2, -0.15) is 0 Å². The smallest absolute Gasteiger partial charge is 0.324 e. The summed E-state index contributed by atoms with van der Waals surface area (Å²) in [5, 5.41) is 0.573. The third-order valence-corrected chi connectivity index (χ3v) is 2.15. The average molecular weight is 227 g/mol. The highest BCUT2D eigenvalue weighted by Crippen LogP contribution is 2.34. The normalized spacial score (nSPS) is 13.1. The molecular formula is C7H12ClO4P. The van der Waals surface area contributed by atoms with Crippen LogP contribution in [0.4, 0.5) is 0 Å². The molecule has 0 saturated heterocycles. The number of halogens is 1. The van der Waals surface area contributed by atoms with Crippen molar-refractivity contribution >= 4 is 25.0 Å². The third-order valence-electron chi connectivity index (χ3n) is 1.23.